The Bertz CT molecular complexity index is 2080. The standard InChI is InChI=1S/C58H96O21/c1-29-17-16-18-40(59)43(69-13)25-45(76-55(65)33(5)23-31(3)21-30(2)22-32(4)41(20-19-29)77-56-51(63)50(62)52(71-15)37(9)74-56)53(64)58(67)35(7)48(60)34(6)42(79-58)24-39(28-68-12)75-47-27-57(11,66)54(38(10)73-47)78-46-26-44(70-14)49(61)36(8)72-46/h17,19-23,32,34-54,56,59-64,66-67H,16,18,24-28H2,1-15H3/b20-19+,29-17+,30-22-,31-21+,33-23+/t32-,34+,35-,36-,37+,38+,39-,40+,41-,42-,43+,44-,45+,46+,47+,48+,49-,50+,51+,52+,53-,54+,56+,57+,58-/m1/s1. The monoisotopic (exact) mass is 1130 g/mol. The van der Waals surface area contributed by atoms with Crippen LogP contribution in [0.4, 0.5) is 0 Å². The molecule has 0 amide bonds. The van der Waals surface area contributed by atoms with Crippen LogP contribution in [-0.4, -0.2) is 216 Å². The second kappa shape index (κ2) is 29.8. The summed E-state index contributed by atoms with van der Waals surface area (Å²) in [6.07, 6.45) is -8.27. The lowest BCUT2D eigenvalue weighted by atomic mass is 9.76. The second-order valence-electron chi connectivity index (χ2n) is 23.0. The van der Waals surface area contributed by atoms with Gasteiger partial charge in [-0.3, -0.25) is 0 Å². The molecule has 0 spiro atoms. The molecule has 5 heterocycles. The Kier molecular flexibility index (Phi) is 25.3. The summed E-state index contributed by atoms with van der Waals surface area (Å²) in [4.78, 5) is 14.1. The largest absolute Gasteiger partial charge is 0.456 e. The highest BCUT2D eigenvalue weighted by molar-refractivity contribution is 5.88. The summed E-state index contributed by atoms with van der Waals surface area (Å²) < 4.78 is 72.0. The second-order valence-corrected chi connectivity index (χ2v) is 23.0. The molecule has 21 nitrogen and oxygen atoms in total. The summed E-state index contributed by atoms with van der Waals surface area (Å²) in [5.74, 6) is -5.45. The molecule has 0 aliphatic carbocycles. The molecule has 0 bridgehead atoms. The molecular formula is C58H96O21. The van der Waals surface area contributed by atoms with Crippen molar-refractivity contribution in [2.75, 3.05) is 35.0 Å². The number of carbonyl (C=O) groups excluding carboxylic acids is 1. The van der Waals surface area contributed by atoms with Crippen molar-refractivity contribution in [1.29, 1.82) is 0 Å². The van der Waals surface area contributed by atoms with Crippen molar-refractivity contribution in [1.82, 2.24) is 0 Å². The maximum Gasteiger partial charge on any atom is 0.334 e. The van der Waals surface area contributed by atoms with Crippen LogP contribution >= 0.6 is 0 Å². The van der Waals surface area contributed by atoms with E-state index in [4.69, 9.17) is 56.8 Å². The lowest BCUT2D eigenvalue weighted by Gasteiger charge is -2.51. The number of ether oxygens (including phenoxy) is 12. The first-order chi connectivity index (χ1) is 37.1. The Morgan fingerprint density at radius 3 is 2.05 bits per heavy atom. The highest BCUT2D eigenvalue weighted by Gasteiger charge is 2.57. The summed E-state index contributed by atoms with van der Waals surface area (Å²) in [6.45, 7) is 19.1. The number of rotatable bonds is 15. The number of hydrogen-bond acceptors (Lipinski definition) is 21. The van der Waals surface area contributed by atoms with E-state index >= 15 is 0 Å². The zero-order valence-electron chi connectivity index (χ0n) is 49.1. The fourth-order valence-corrected chi connectivity index (χ4v) is 11.6. The number of carbonyl (C=O) groups is 1. The molecule has 0 aromatic heterocycles. The Morgan fingerprint density at radius 1 is 0.747 bits per heavy atom. The maximum atomic E-state index is 14.1. The molecule has 79 heavy (non-hydrogen) atoms. The van der Waals surface area contributed by atoms with Crippen molar-refractivity contribution in [3.63, 3.8) is 0 Å². The Balaban J connectivity index is 1.37. The van der Waals surface area contributed by atoms with Gasteiger partial charge < -0.3 is 97.7 Å². The van der Waals surface area contributed by atoms with Gasteiger partial charge in [-0.1, -0.05) is 67.9 Å². The number of methoxy groups -OCH3 is 4. The van der Waals surface area contributed by atoms with E-state index in [2.05, 4.69) is 0 Å². The third kappa shape index (κ3) is 17.3. The molecule has 0 radical (unpaired) electrons. The minimum atomic E-state index is -2.54. The highest BCUT2D eigenvalue weighted by atomic mass is 16.7. The van der Waals surface area contributed by atoms with Crippen LogP contribution in [0.2, 0.25) is 0 Å². The lowest BCUT2D eigenvalue weighted by Crippen LogP contribution is -2.66. The SMILES string of the molecule is COC[C@@H](C[C@H]1O[C@@](O)([C@H](O)[C@@H]2C[C@H](OC)[C@@H](O)CC/C=C(C)/C=C/[C@@H](O[C@@H]3O[C@@H](C)[C@H](OC)[C@@H](O)[C@@H]3O)[C@H](C)\C=C(C)/C=C(C)/C=C(\C)C(=O)O2)[C@H](C)[C@@H](O)[C@H]1C)O[C@H]1C[C@](C)(O)[C@@H](O[C@H]2C[C@@H](OC)[C@H](O)[C@@H](C)O2)[C@H](C)O1. The van der Waals surface area contributed by atoms with Gasteiger partial charge in [0.2, 0.25) is 5.79 Å². The van der Waals surface area contributed by atoms with Crippen LogP contribution < -0.4 is 0 Å². The van der Waals surface area contributed by atoms with Gasteiger partial charge in [-0.2, -0.15) is 0 Å². The molecule has 454 valence electrons. The molecule has 8 N–H and O–H groups in total. The zero-order chi connectivity index (χ0) is 58.8. The molecule has 4 saturated heterocycles. The molecule has 25 atom stereocenters. The van der Waals surface area contributed by atoms with Crippen LogP contribution in [0.1, 0.15) is 115 Å². The van der Waals surface area contributed by atoms with E-state index in [0.717, 1.165) is 11.1 Å². The zero-order valence-corrected chi connectivity index (χ0v) is 49.1. The smallest absolute Gasteiger partial charge is 0.334 e. The van der Waals surface area contributed by atoms with Gasteiger partial charge >= 0.3 is 5.97 Å². The first-order valence-corrected chi connectivity index (χ1v) is 27.9. The van der Waals surface area contributed by atoms with Gasteiger partial charge in [0, 0.05) is 77.4 Å². The molecule has 0 aromatic carbocycles. The van der Waals surface area contributed by atoms with Crippen LogP contribution in [0.5, 0.6) is 0 Å². The Labute approximate surface area is 467 Å². The van der Waals surface area contributed by atoms with E-state index < -0.39 is 152 Å². The predicted molar refractivity (Wildman–Crippen MR) is 288 cm³/mol. The third-order valence-electron chi connectivity index (χ3n) is 16.4. The fourth-order valence-electron chi connectivity index (χ4n) is 11.6. The third-order valence-corrected chi connectivity index (χ3v) is 16.4. The number of cyclic esters (lactones) is 1. The Morgan fingerprint density at radius 2 is 1.42 bits per heavy atom. The van der Waals surface area contributed by atoms with Crippen molar-refractivity contribution >= 4 is 5.97 Å². The van der Waals surface area contributed by atoms with Crippen LogP contribution in [0.15, 0.2) is 58.7 Å². The van der Waals surface area contributed by atoms with Crippen molar-refractivity contribution < 1.29 is 102 Å². The molecule has 0 saturated carbocycles. The normalized spacial score (nSPS) is 46.7. The van der Waals surface area contributed by atoms with E-state index in [0.29, 0.717) is 12.0 Å². The number of aliphatic hydroxyl groups excluding tert-OH is 6. The number of hydrogen-bond donors (Lipinski definition) is 8. The molecule has 5 aliphatic heterocycles. The quantitative estimate of drug-likeness (QED) is 0.109. The van der Waals surface area contributed by atoms with E-state index in [1.54, 1.807) is 54.5 Å². The van der Waals surface area contributed by atoms with Gasteiger partial charge in [-0.25, -0.2) is 4.79 Å². The average molecular weight is 1130 g/mol. The van der Waals surface area contributed by atoms with E-state index in [1.807, 2.05) is 51.2 Å². The van der Waals surface area contributed by atoms with Gasteiger partial charge in [0.05, 0.1) is 73.2 Å². The van der Waals surface area contributed by atoms with Crippen LogP contribution in [0, 0.1) is 17.8 Å². The van der Waals surface area contributed by atoms with Gasteiger partial charge in [-0.15, -0.1) is 0 Å². The van der Waals surface area contributed by atoms with Crippen LogP contribution in [-0.2, 0) is 61.6 Å². The predicted octanol–water partition coefficient (Wildman–Crippen LogP) is 3.59. The summed E-state index contributed by atoms with van der Waals surface area (Å²) >= 11 is 0. The van der Waals surface area contributed by atoms with Crippen molar-refractivity contribution in [2.45, 2.75) is 249 Å². The van der Waals surface area contributed by atoms with E-state index in [1.165, 1.54) is 35.4 Å². The van der Waals surface area contributed by atoms with Crippen molar-refractivity contribution in [2.24, 2.45) is 17.8 Å². The molecule has 4 fully saturated rings. The summed E-state index contributed by atoms with van der Waals surface area (Å²) in [7, 11) is 5.80. The molecule has 5 rings (SSSR count). The molecule has 21 heteroatoms. The molecule has 0 unspecified atom stereocenters. The van der Waals surface area contributed by atoms with E-state index in [-0.39, 0.29) is 50.2 Å². The fraction of sp³-hybridized carbons (Fsp3) is 0.810. The Hall–Kier alpha value is -2.59. The molecule has 0 aromatic rings. The molecule has 5 aliphatic rings. The summed E-state index contributed by atoms with van der Waals surface area (Å²) in [5.41, 5.74) is 0.977. The minimum absolute atomic E-state index is 0.00743. The number of aliphatic hydroxyl groups is 8. The lowest BCUT2D eigenvalue weighted by molar-refractivity contribution is -0.366. The van der Waals surface area contributed by atoms with Crippen LogP contribution in [0.25, 0.3) is 0 Å². The van der Waals surface area contributed by atoms with Crippen LogP contribution in [0.3, 0.4) is 0 Å². The van der Waals surface area contributed by atoms with Gasteiger partial charge in [0.1, 0.15) is 42.7 Å². The average Bonchev–Trinajstić information content (AvgIpc) is 3.46. The van der Waals surface area contributed by atoms with Gasteiger partial charge in [-0.05, 0) is 74.3 Å². The summed E-state index contributed by atoms with van der Waals surface area (Å²) in [5, 5.41) is 92.6. The minimum Gasteiger partial charge on any atom is -0.456 e. The van der Waals surface area contributed by atoms with Gasteiger partial charge in [0.25, 0.3) is 0 Å². The number of allylic oxidation sites excluding steroid dienone is 7. The topological polar surface area (TPSA) is 290 Å². The maximum absolute atomic E-state index is 14.1. The van der Waals surface area contributed by atoms with Crippen molar-refractivity contribution in [3.05, 3.63) is 58.7 Å². The summed E-state index contributed by atoms with van der Waals surface area (Å²) in [6, 6.07) is 0. The van der Waals surface area contributed by atoms with E-state index in [9.17, 15) is 45.6 Å². The first kappa shape index (κ1) is 67.2. The molecular weight excluding hydrogens is 1030 g/mol. The highest BCUT2D eigenvalue weighted by Crippen LogP contribution is 2.43. The number of esters is 1. The van der Waals surface area contributed by atoms with Gasteiger partial charge in [0.15, 0.2) is 18.9 Å². The first-order valence-electron chi connectivity index (χ1n) is 27.9. The van der Waals surface area contributed by atoms with Crippen molar-refractivity contribution in [3.8, 4) is 0 Å².